The normalized spacial score (nSPS) is 20.5. The van der Waals surface area contributed by atoms with Crippen molar-refractivity contribution in [3.05, 3.63) is 29.3 Å². The highest BCUT2D eigenvalue weighted by Crippen LogP contribution is 2.39. The molecule has 0 aliphatic carbocycles. The minimum absolute atomic E-state index is 0.107. The maximum absolute atomic E-state index is 13.0. The van der Waals surface area contributed by atoms with Crippen LogP contribution in [0.1, 0.15) is 60.7 Å². The van der Waals surface area contributed by atoms with Crippen LogP contribution >= 0.6 is 0 Å². The molecule has 4 amide bonds. The lowest BCUT2D eigenvalue weighted by atomic mass is 10.0. The quantitative estimate of drug-likeness (QED) is 0.300. The molecular formula is C21H27N3O7. The van der Waals surface area contributed by atoms with Gasteiger partial charge in [-0.3, -0.25) is 29.4 Å². The van der Waals surface area contributed by atoms with E-state index in [1.807, 2.05) is 0 Å². The van der Waals surface area contributed by atoms with Crippen molar-refractivity contribution in [3.8, 4) is 5.75 Å². The largest absolute Gasteiger partial charge is 0.493 e. The van der Waals surface area contributed by atoms with Crippen molar-refractivity contribution in [2.75, 3.05) is 19.8 Å². The van der Waals surface area contributed by atoms with Gasteiger partial charge in [-0.1, -0.05) is 25.0 Å². The Kier molecular flexibility index (Phi) is 7.59. The van der Waals surface area contributed by atoms with Gasteiger partial charge in [0, 0.05) is 18.5 Å². The SMILES string of the molecule is O=C(CO)NCCCCCCOc1cccc2c1C(=O)N(C1CCC(=O)NC1=O)C2O. The molecule has 1 fully saturated rings. The monoisotopic (exact) mass is 433 g/mol. The first-order valence-corrected chi connectivity index (χ1v) is 10.4. The summed E-state index contributed by atoms with van der Waals surface area (Å²) in [7, 11) is 0. The van der Waals surface area contributed by atoms with E-state index in [4.69, 9.17) is 9.84 Å². The Hall–Kier alpha value is -2.98. The molecule has 168 valence electrons. The van der Waals surface area contributed by atoms with Gasteiger partial charge in [0.2, 0.25) is 17.7 Å². The van der Waals surface area contributed by atoms with Crippen molar-refractivity contribution in [2.24, 2.45) is 0 Å². The molecule has 1 aromatic rings. The summed E-state index contributed by atoms with van der Waals surface area (Å²) in [4.78, 5) is 48.6. The van der Waals surface area contributed by atoms with Crippen LogP contribution in [-0.4, -0.2) is 64.5 Å². The highest BCUT2D eigenvalue weighted by Gasteiger charge is 2.45. The van der Waals surface area contributed by atoms with E-state index in [-0.39, 0.29) is 30.2 Å². The average molecular weight is 433 g/mol. The Bertz CT molecular complexity index is 857. The van der Waals surface area contributed by atoms with Crippen molar-refractivity contribution < 1.29 is 34.1 Å². The predicted molar refractivity (Wildman–Crippen MR) is 108 cm³/mol. The fraction of sp³-hybridized carbons (Fsp3) is 0.524. The van der Waals surface area contributed by atoms with Gasteiger partial charge in [0.1, 0.15) is 18.4 Å². The Morgan fingerprint density at radius 3 is 2.71 bits per heavy atom. The van der Waals surface area contributed by atoms with Crippen LogP contribution in [0.4, 0.5) is 0 Å². The maximum atomic E-state index is 13.0. The third-order valence-corrected chi connectivity index (χ3v) is 5.39. The van der Waals surface area contributed by atoms with E-state index in [0.717, 1.165) is 30.6 Å². The van der Waals surface area contributed by atoms with Crippen LogP contribution in [0, 0.1) is 0 Å². The number of imide groups is 1. The fourth-order valence-electron chi connectivity index (χ4n) is 3.81. The van der Waals surface area contributed by atoms with E-state index < -0.39 is 30.7 Å². The van der Waals surface area contributed by atoms with Crippen LogP contribution in [0.25, 0.3) is 0 Å². The number of rotatable bonds is 10. The highest BCUT2D eigenvalue weighted by molar-refractivity contribution is 6.06. The lowest BCUT2D eigenvalue weighted by Crippen LogP contribution is -2.53. The van der Waals surface area contributed by atoms with Crippen LogP contribution in [0.2, 0.25) is 0 Å². The van der Waals surface area contributed by atoms with Gasteiger partial charge in [0.05, 0.1) is 12.2 Å². The van der Waals surface area contributed by atoms with E-state index in [1.54, 1.807) is 18.2 Å². The number of benzene rings is 1. The second-order valence-electron chi connectivity index (χ2n) is 7.54. The van der Waals surface area contributed by atoms with Gasteiger partial charge in [-0.05, 0) is 25.3 Å². The fourth-order valence-corrected chi connectivity index (χ4v) is 3.81. The number of amides is 4. The smallest absolute Gasteiger partial charge is 0.261 e. The number of hydrogen-bond donors (Lipinski definition) is 4. The summed E-state index contributed by atoms with van der Waals surface area (Å²) in [5.74, 6) is -1.51. The number of piperidine rings is 1. The number of nitrogens with one attached hydrogen (secondary N) is 2. The minimum atomic E-state index is -1.27. The topological polar surface area (TPSA) is 145 Å². The van der Waals surface area contributed by atoms with E-state index in [9.17, 15) is 24.3 Å². The number of unbranched alkanes of at least 4 members (excludes halogenated alkanes) is 3. The zero-order chi connectivity index (χ0) is 22.4. The predicted octanol–water partition coefficient (Wildman–Crippen LogP) is -0.0138. The van der Waals surface area contributed by atoms with E-state index in [1.165, 1.54) is 0 Å². The average Bonchev–Trinajstić information content (AvgIpc) is 3.01. The number of carbonyl (C=O) groups excluding carboxylic acids is 4. The number of aliphatic hydroxyl groups is 2. The van der Waals surface area contributed by atoms with Crippen molar-refractivity contribution in [2.45, 2.75) is 50.8 Å². The molecule has 2 unspecified atom stereocenters. The molecule has 10 nitrogen and oxygen atoms in total. The lowest BCUT2D eigenvalue weighted by molar-refractivity contribution is -0.139. The number of fused-ring (bicyclic) bond motifs is 1. The zero-order valence-electron chi connectivity index (χ0n) is 17.1. The second kappa shape index (κ2) is 10.4. The number of aliphatic hydroxyl groups excluding tert-OH is 2. The molecule has 4 N–H and O–H groups in total. The molecule has 3 rings (SSSR count). The van der Waals surface area contributed by atoms with Crippen molar-refractivity contribution in [1.82, 2.24) is 15.5 Å². The summed E-state index contributed by atoms with van der Waals surface area (Å²) in [5, 5.41) is 24.1. The molecule has 2 atom stereocenters. The standard InChI is InChI=1S/C21H27N3O7/c25-12-17(27)22-10-3-1-2-4-11-31-15-7-5-6-13-18(15)21(30)24(20(13)29)14-8-9-16(26)23-19(14)28/h5-7,14,20,25,29H,1-4,8-12H2,(H,22,27)(H,23,26,28). The summed E-state index contributed by atoms with van der Waals surface area (Å²) >= 11 is 0. The first-order valence-electron chi connectivity index (χ1n) is 10.4. The summed E-state index contributed by atoms with van der Waals surface area (Å²) in [6.45, 7) is 0.375. The van der Waals surface area contributed by atoms with E-state index in [0.29, 0.717) is 24.5 Å². The van der Waals surface area contributed by atoms with Gasteiger partial charge >= 0.3 is 0 Å². The molecule has 0 aromatic heterocycles. The summed E-state index contributed by atoms with van der Waals surface area (Å²) < 4.78 is 5.79. The molecular weight excluding hydrogens is 406 g/mol. The number of ether oxygens (including phenoxy) is 1. The molecule has 1 saturated heterocycles. The second-order valence-corrected chi connectivity index (χ2v) is 7.54. The Balaban J connectivity index is 1.53. The van der Waals surface area contributed by atoms with Crippen LogP contribution in [-0.2, 0) is 14.4 Å². The summed E-state index contributed by atoms with van der Waals surface area (Å²) in [5.41, 5.74) is 0.623. The molecule has 0 saturated carbocycles. The van der Waals surface area contributed by atoms with Gasteiger partial charge in [-0.15, -0.1) is 0 Å². The lowest BCUT2D eigenvalue weighted by Gasteiger charge is -2.31. The van der Waals surface area contributed by atoms with E-state index >= 15 is 0 Å². The van der Waals surface area contributed by atoms with Crippen molar-refractivity contribution in [3.63, 3.8) is 0 Å². The summed E-state index contributed by atoms with van der Waals surface area (Å²) in [6.07, 6.45) is 2.27. The third-order valence-electron chi connectivity index (χ3n) is 5.39. The number of nitrogens with zero attached hydrogens (tertiary/aromatic N) is 1. The molecule has 2 heterocycles. The van der Waals surface area contributed by atoms with Crippen molar-refractivity contribution >= 4 is 23.6 Å². The van der Waals surface area contributed by atoms with Crippen LogP contribution in [0.5, 0.6) is 5.75 Å². The minimum Gasteiger partial charge on any atom is -0.493 e. The van der Waals surface area contributed by atoms with Crippen LogP contribution in [0.3, 0.4) is 0 Å². The first kappa shape index (κ1) is 22.7. The molecule has 0 spiro atoms. The molecule has 31 heavy (non-hydrogen) atoms. The molecule has 0 bridgehead atoms. The Morgan fingerprint density at radius 1 is 1.19 bits per heavy atom. The van der Waals surface area contributed by atoms with Crippen molar-refractivity contribution in [1.29, 1.82) is 0 Å². The number of hydrogen-bond acceptors (Lipinski definition) is 7. The third kappa shape index (κ3) is 5.20. The first-order chi connectivity index (χ1) is 14.9. The van der Waals surface area contributed by atoms with Gasteiger partial charge < -0.3 is 20.3 Å². The summed E-state index contributed by atoms with van der Waals surface area (Å²) in [6, 6.07) is 4.05. The van der Waals surface area contributed by atoms with Gasteiger partial charge in [0.25, 0.3) is 5.91 Å². The van der Waals surface area contributed by atoms with Gasteiger partial charge in [0.15, 0.2) is 6.23 Å². The van der Waals surface area contributed by atoms with Crippen LogP contribution < -0.4 is 15.4 Å². The highest BCUT2D eigenvalue weighted by atomic mass is 16.5. The Labute approximate surface area is 179 Å². The molecule has 10 heteroatoms. The molecule has 2 aliphatic rings. The van der Waals surface area contributed by atoms with Crippen LogP contribution in [0.15, 0.2) is 18.2 Å². The molecule has 1 aromatic carbocycles. The number of carbonyl (C=O) groups is 4. The molecule has 0 radical (unpaired) electrons. The van der Waals surface area contributed by atoms with E-state index in [2.05, 4.69) is 10.6 Å². The maximum Gasteiger partial charge on any atom is 0.261 e. The molecule has 2 aliphatic heterocycles. The zero-order valence-corrected chi connectivity index (χ0v) is 17.1. The Morgan fingerprint density at radius 2 is 1.97 bits per heavy atom. The van der Waals surface area contributed by atoms with Gasteiger partial charge in [-0.25, -0.2) is 0 Å². The van der Waals surface area contributed by atoms with Gasteiger partial charge in [-0.2, -0.15) is 0 Å².